The van der Waals surface area contributed by atoms with E-state index in [9.17, 15) is 0 Å². The third-order valence-electron chi connectivity index (χ3n) is 0.543. The molecule has 0 aromatic heterocycles. The first-order valence-corrected chi connectivity index (χ1v) is 2.32. The fourth-order valence-corrected chi connectivity index (χ4v) is 0.259. The van der Waals surface area contributed by atoms with Crippen molar-refractivity contribution in [1.29, 1.82) is 0 Å². The van der Waals surface area contributed by atoms with E-state index in [1.165, 1.54) is 6.26 Å². The van der Waals surface area contributed by atoms with Gasteiger partial charge >= 0.3 is 0 Å². The zero-order chi connectivity index (χ0) is 6.24. The van der Waals surface area contributed by atoms with Crippen LogP contribution in [0.15, 0.2) is 25.2 Å². The van der Waals surface area contributed by atoms with Crippen LogP contribution in [0.3, 0.4) is 0 Å². The molecule has 0 fully saturated rings. The molecule has 0 spiro atoms. The highest BCUT2D eigenvalue weighted by molar-refractivity contribution is 4.72. The topological polar surface area (TPSA) is 18.5 Å². The third kappa shape index (κ3) is 10.9. The minimum atomic E-state index is 0. The maximum atomic E-state index is 4.73. The van der Waals surface area contributed by atoms with Crippen LogP contribution in [0.25, 0.3) is 0 Å². The lowest BCUT2D eigenvalue weighted by atomic mass is 10.7. The quantitative estimate of drug-likeness (QED) is 0.428. The first kappa shape index (κ1) is 10.9. The van der Waals surface area contributed by atoms with Crippen molar-refractivity contribution in [2.24, 2.45) is 0 Å². The van der Waals surface area contributed by atoms with Crippen molar-refractivity contribution in [3.63, 3.8) is 0 Å². The van der Waals surface area contributed by atoms with Crippen LogP contribution in [-0.4, -0.2) is 13.7 Å². The number of rotatable bonds is 4. The van der Waals surface area contributed by atoms with Gasteiger partial charge in [-0.2, -0.15) is 0 Å². The molecule has 0 amide bonds. The lowest BCUT2D eigenvalue weighted by Crippen LogP contribution is -1.78. The Labute approximate surface area is 54.1 Å². The van der Waals surface area contributed by atoms with Crippen LogP contribution in [0, 0.1) is 0 Å². The smallest absolute Gasteiger partial charge is 0.109 e. The van der Waals surface area contributed by atoms with E-state index in [-0.39, 0.29) is 4.70 Å². The zero-order valence-electron chi connectivity index (χ0n) is 5.37. The van der Waals surface area contributed by atoms with Crippen molar-refractivity contribution in [3.05, 3.63) is 25.2 Å². The van der Waals surface area contributed by atoms with E-state index in [0.29, 0.717) is 6.61 Å². The Morgan fingerprint density at radius 1 is 1.56 bits per heavy atom. The summed E-state index contributed by atoms with van der Waals surface area (Å²) in [5.41, 5.74) is 0. The molecule has 9 heavy (non-hydrogen) atoms. The molecule has 0 aliphatic carbocycles. The van der Waals surface area contributed by atoms with Gasteiger partial charge in [-0.15, -0.1) is 0 Å². The molecule has 0 atom stereocenters. The molecule has 0 aromatic rings. The van der Waals surface area contributed by atoms with E-state index in [4.69, 9.17) is 4.74 Å². The molecule has 0 heterocycles. The van der Waals surface area contributed by atoms with Crippen LogP contribution < -0.4 is 0 Å². The number of halogens is 1. The van der Waals surface area contributed by atoms with Gasteiger partial charge in [0.1, 0.15) is 6.61 Å². The third-order valence-corrected chi connectivity index (χ3v) is 0.543. The fraction of sp³-hybridized carbons (Fsp3) is 0.333. The second-order valence-corrected chi connectivity index (χ2v) is 1.11. The summed E-state index contributed by atoms with van der Waals surface area (Å²) in [6, 6.07) is 0. The Balaban J connectivity index is 0. The Kier molecular flexibility index (Phi) is 12.2. The molecule has 0 aliphatic heterocycles. The van der Waals surface area contributed by atoms with Gasteiger partial charge in [0.15, 0.2) is 0 Å². The van der Waals surface area contributed by atoms with Gasteiger partial charge in [-0.1, -0.05) is 6.58 Å². The molecule has 0 aromatic carbocycles. The summed E-state index contributed by atoms with van der Waals surface area (Å²) >= 11 is 0. The second kappa shape index (κ2) is 10.1. The summed E-state index contributed by atoms with van der Waals surface area (Å²) in [6.07, 6.45) is 4.70. The maximum Gasteiger partial charge on any atom is 0.109 e. The monoisotopic (exact) mass is 134 g/mol. The molecule has 2 nitrogen and oxygen atoms in total. The number of ether oxygens (including phenoxy) is 2. The average molecular weight is 134 g/mol. The maximum absolute atomic E-state index is 4.73. The van der Waals surface area contributed by atoms with Gasteiger partial charge in [0, 0.05) is 0 Å². The minimum Gasteiger partial charge on any atom is -0.505 e. The molecule has 0 bridgehead atoms. The van der Waals surface area contributed by atoms with Crippen molar-refractivity contribution in [2.45, 2.75) is 0 Å². The van der Waals surface area contributed by atoms with Crippen molar-refractivity contribution in [2.75, 3.05) is 13.7 Å². The highest BCUT2D eigenvalue weighted by atomic mass is 19.0. The summed E-state index contributed by atoms with van der Waals surface area (Å²) in [5, 5.41) is 0. The van der Waals surface area contributed by atoms with E-state index in [0.717, 1.165) is 0 Å². The van der Waals surface area contributed by atoms with Crippen molar-refractivity contribution >= 4 is 0 Å². The molecule has 0 N–H and O–H groups in total. The van der Waals surface area contributed by atoms with Gasteiger partial charge in [0.25, 0.3) is 0 Å². The molecule has 3 heteroatoms. The van der Waals surface area contributed by atoms with Gasteiger partial charge in [-0.3, -0.25) is 4.70 Å². The summed E-state index contributed by atoms with van der Waals surface area (Å²) in [6.45, 7) is 3.89. The highest BCUT2D eigenvalue weighted by Crippen LogP contribution is 1.76. The van der Waals surface area contributed by atoms with Gasteiger partial charge in [-0.05, 0) is 6.08 Å². The second-order valence-electron chi connectivity index (χ2n) is 1.11. The van der Waals surface area contributed by atoms with Crippen LogP contribution in [0.4, 0.5) is 4.70 Å². The van der Waals surface area contributed by atoms with Crippen LogP contribution in [0.5, 0.6) is 0 Å². The SMILES string of the molecule is C=COCC=COC.F. The Morgan fingerprint density at radius 2 is 2.22 bits per heavy atom. The lowest BCUT2D eigenvalue weighted by Gasteiger charge is -1.90. The van der Waals surface area contributed by atoms with Crippen molar-refractivity contribution in [1.82, 2.24) is 0 Å². The number of hydrogen-bond donors (Lipinski definition) is 0. The standard InChI is InChI=1S/C6H10O2.FH/c1-3-8-6-4-5-7-2;/h3-5H,1,6H2,2H3;1H. The summed E-state index contributed by atoms with van der Waals surface area (Å²) in [4.78, 5) is 0. The predicted octanol–water partition coefficient (Wildman–Crippen LogP) is 1.46. The van der Waals surface area contributed by atoms with Crippen LogP contribution in [-0.2, 0) is 9.47 Å². The van der Waals surface area contributed by atoms with Crippen molar-refractivity contribution in [3.8, 4) is 0 Å². The summed E-state index contributed by atoms with van der Waals surface area (Å²) in [5.74, 6) is 0. The van der Waals surface area contributed by atoms with E-state index in [2.05, 4.69) is 11.3 Å². The van der Waals surface area contributed by atoms with Crippen LogP contribution in [0.2, 0.25) is 0 Å². The normalized spacial score (nSPS) is 8.11. The average Bonchev–Trinajstić information content (AvgIpc) is 1.81. The molecule has 0 saturated carbocycles. The fourth-order valence-electron chi connectivity index (χ4n) is 0.259. The largest absolute Gasteiger partial charge is 0.505 e. The number of hydrogen-bond acceptors (Lipinski definition) is 2. The molecule has 0 unspecified atom stereocenters. The molecule has 0 rings (SSSR count). The van der Waals surface area contributed by atoms with Gasteiger partial charge in [0.05, 0.1) is 19.6 Å². The molecule has 0 aliphatic rings. The number of methoxy groups -OCH3 is 1. The zero-order valence-corrected chi connectivity index (χ0v) is 5.37. The minimum absolute atomic E-state index is 0. The summed E-state index contributed by atoms with van der Waals surface area (Å²) < 4.78 is 9.33. The van der Waals surface area contributed by atoms with E-state index >= 15 is 0 Å². The lowest BCUT2D eigenvalue weighted by molar-refractivity contribution is 0.280. The van der Waals surface area contributed by atoms with Gasteiger partial charge < -0.3 is 9.47 Å². The van der Waals surface area contributed by atoms with Gasteiger partial charge in [0.2, 0.25) is 0 Å². The molecular formula is C6H11FO2. The Hall–Kier alpha value is -0.990. The first-order valence-electron chi connectivity index (χ1n) is 2.32. The molecule has 0 saturated heterocycles. The highest BCUT2D eigenvalue weighted by Gasteiger charge is 1.68. The Morgan fingerprint density at radius 3 is 2.67 bits per heavy atom. The summed E-state index contributed by atoms with van der Waals surface area (Å²) in [7, 11) is 1.59. The predicted molar refractivity (Wildman–Crippen MR) is 34.8 cm³/mol. The van der Waals surface area contributed by atoms with Crippen LogP contribution >= 0.6 is 0 Å². The molecule has 54 valence electrons. The van der Waals surface area contributed by atoms with Crippen LogP contribution in [0.1, 0.15) is 0 Å². The van der Waals surface area contributed by atoms with Crippen molar-refractivity contribution < 1.29 is 14.2 Å². The Bertz CT molecular complexity index is 81.1. The van der Waals surface area contributed by atoms with E-state index < -0.39 is 0 Å². The van der Waals surface area contributed by atoms with E-state index in [1.807, 2.05) is 0 Å². The van der Waals surface area contributed by atoms with Gasteiger partial charge in [-0.25, -0.2) is 0 Å². The first-order chi connectivity index (χ1) is 3.91. The molecular weight excluding hydrogens is 123 g/mol. The molecule has 0 radical (unpaired) electrons. The van der Waals surface area contributed by atoms with E-state index in [1.54, 1.807) is 19.4 Å².